The molecule has 0 aliphatic carbocycles. The van der Waals surface area contributed by atoms with Crippen LogP contribution >= 0.6 is 0 Å². The number of ether oxygens (including phenoxy) is 2. The third-order valence-corrected chi connectivity index (χ3v) is 3.74. The van der Waals surface area contributed by atoms with E-state index in [1.165, 1.54) is 30.5 Å². The van der Waals surface area contributed by atoms with Gasteiger partial charge in [0.1, 0.15) is 0 Å². The number of nitro groups is 1. The third-order valence-electron chi connectivity index (χ3n) is 3.74. The molecule has 0 aromatic heterocycles. The molecule has 8 heteroatoms. The summed E-state index contributed by atoms with van der Waals surface area (Å²) in [7, 11) is 0. The van der Waals surface area contributed by atoms with Crippen LogP contribution in [0, 0.1) is 10.1 Å². The molecule has 0 unspecified atom stereocenters. The molecule has 0 atom stereocenters. The van der Waals surface area contributed by atoms with Crippen LogP contribution < -0.4 is 14.9 Å². The minimum absolute atomic E-state index is 0.0789. The van der Waals surface area contributed by atoms with Crippen LogP contribution in [-0.2, 0) is 0 Å². The number of nitrogens with zero attached hydrogens (tertiary/aromatic N) is 2. The highest BCUT2D eigenvalue weighted by molar-refractivity contribution is 5.95. The molecule has 0 radical (unpaired) electrons. The van der Waals surface area contributed by atoms with Gasteiger partial charge in [0.2, 0.25) is 0 Å². The minimum atomic E-state index is -0.522. The Bertz CT molecular complexity index is 834. The van der Waals surface area contributed by atoms with Gasteiger partial charge in [-0.25, -0.2) is 5.43 Å². The van der Waals surface area contributed by atoms with Crippen LogP contribution in [0.1, 0.15) is 42.6 Å². The highest BCUT2D eigenvalue weighted by atomic mass is 16.6. The SMILES string of the molecule is CCCCOc1ccc(/C=N/NC(=O)c2ccc([N+](=O)[O-])cc2)cc1OCC. The van der Waals surface area contributed by atoms with Crippen molar-refractivity contribution in [1.82, 2.24) is 5.43 Å². The molecule has 0 saturated heterocycles. The lowest BCUT2D eigenvalue weighted by Crippen LogP contribution is -2.17. The molecule has 0 spiro atoms. The fourth-order valence-corrected chi connectivity index (χ4v) is 2.28. The van der Waals surface area contributed by atoms with E-state index in [2.05, 4.69) is 17.5 Å². The normalized spacial score (nSPS) is 10.6. The van der Waals surface area contributed by atoms with Gasteiger partial charge in [-0.2, -0.15) is 5.10 Å². The van der Waals surface area contributed by atoms with Gasteiger partial charge in [0.05, 0.1) is 24.4 Å². The molecule has 2 rings (SSSR count). The number of non-ortho nitro benzene ring substituents is 1. The lowest BCUT2D eigenvalue weighted by atomic mass is 10.2. The molecule has 0 saturated carbocycles. The molecule has 1 N–H and O–H groups in total. The van der Waals surface area contributed by atoms with Gasteiger partial charge >= 0.3 is 0 Å². The van der Waals surface area contributed by atoms with E-state index in [0.717, 1.165) is 18.4 Å². The first kappa shape index (κ1) is 20.9. The Labute approximate surface area is 163 Å². The molecule has 0 heterocycles. The van der Waals surface area contributed by atoms with Crippen molar-refractivity contribution >= 4 is 17.8 Å². The largest absolute Gasteiger partial charge is 0.490 e. The first-order valence-electron chi connectivity index (χ1n) is 9.02. The van der Waals surface area contributed by atoms with Crippen molar-refractivity contribution < 1.29 is 19.2 Å². The van der Waals surface area contributed by atoms with Gasteiger partial charge in [0.15, 0.2) is 11.5 Å². The van der Waals surface area contributed by atoms with Crippen LogP contribution in [0.3, 0.4) is 0 Å². The first-order chi connectivity index (χ1) is 13.5. The fraction of sp³-hybridized carbons (Fsp3) is 0.300. The number of benzene rings is 2. The van der Waals surface area contributed by atoms with Gasteiger partial charge in [0.25, 0.3) is 11.6 Å². The third kappa shape index (κ3) is 6.08. The van der Waals surface area contributed by atoms with E-state index in [-0.39, 0.29) is 11.3 Å². The second-order valence-corrected chi connectivity index (χ2v) is 5.84. The van der Waals surface area contributed by atoms with Crippen molar-refractivity contribution in [3.05, 3.63) is 63.7 Å². The van der Waals surface area contributed by atoms with Crippen LogP contribution in [0.15, 0.2) is 47.6 Å². The van der Waals surface area contributed by atoms with E-state index in [9.17, 15) is 14.9 Å². The average Bonchev–Trinajstić information content (AvgIpc) is 2.70. The van der Waals surface area contributed by atoms with Crippen molar-refractivity contribution in [3.8, 4) is 11.5 Å². The zero-order valence-corrected chi connectivity index (χ0v) is 15.9. The summed E-state index contributed by atoms with van der Waals surface area (Å²) in [5, 5.41) is 14.6. The van der Waals surface area contributed by atoms with E-state index in [1.807, 2.05) is 13.0 Å². The molecule has 1 amide bonds. The Hall–Kier alpha value is -3.42. The van der Waals surface area contributed by atoms with E-state index >= 15 is 0 Å². The van der Waals surface area contributed by atoms with E-state index in [1.54, 1.807) is 12.1 Å². The number of hydrogen-bond acceptors (Lipinski definition) is 6. The number of rotatable bonds is 10. The van der Waals surface area contributed by atoms with Crippen molar-refractivity contribution in [3.63, 3.8) is 0 Å². The monoisotopic (exact) mass is 385 g/mol. The highest BCUT2D eigenvalue weighted by Crippen LogP contribution is 2.28. The van der Waals surface area contributed by atoms with Crippen LogP contribution in [0.4, 0.5) is 5.69 Å². The van der Waals surface area contributed by atoms with Crippen LogP contribution in [0.2, 0.25) is 0 Å². The molecule has 2 aromatic rings. The molecular weight excluding hydrogens is 362 g/mol. The second-order valence-electron chi connectivity index (χ2n) is 5.84. The van der Waals surface area contributed by atoms with Gasteiger partial charge < -0.3 is 9.47 Å². The standard InChI is InChI=1S/C20H23N3O5/c1-3-5-12-28-18-11-6-15(13-19(18)27-4-2)14-21-22-20(24)16-7-9-17(10-8-16)23(25)26/h6-11,13-14H,3-5,12H2,1-2H3,(H,22,24)/b21-14+. The summed E-state index contributed by atoms with van der Waals surface area (Å²) in [5.74, 6) is 0.822. The number of amides is 1. The number of nitrogens with one attached hydrogen (secondary N) is 1. The van der Waals surface area contributed by atoms with Crippen molar-refractivity contribution in [2.24, 2.45) is 5.10 Å². The molecule has 28 heavy (non-hydrogen) atoms. The summed E-state index contributed by atoms with van der Waals surface area (Å²) in [6.45, 7) is 5.11. The molecule has 0 bridgehead atoms. The first-order valence-corrected chi connectivity index (χ1v) is 9.02. The number of nitro benzene ring substituents is 1. The maximum absolute atomic E-state index is 12.0. The molecule has 2 aromatic carbocycles. The predicted molar refractivity (Wildman–Crippen MR) is 106 cm³/mol. The van der Waals surface area contributed by atoms with Crippen molar-refractivity contribution in [2.75, 3.05) is 13.2 Å². The Kier molecular flexibility index (Phi) is 7.95. The fourth-order valence-electron chi connectivity index (χ4n) is 2.28. The Morgan fingerprint density at radius 3 is 2.54 bits per heavy atom. The lowest BCUT2D eigenvalue weighted by Gasteiger charge is -2.12. The summed E-state index contributed by atoms with van der Waals surface area (Å²) >= 11 is 0. The van der Waals surface area contributed by atoms with Crippen molar-refractivity contribution in [2.45, 2.75) is 26.7 Å². The lowest BCUT2D eigenvalue weighted by molar-refractivity contribution is -0.384. The number of unbranched alkanes of at least 4 members (excludes halogenated alkanes) is 1. The van der Waals surface area contributed by atoms with Gasteiger partial charge in [-0.15, -0.1) is 0 Å². The topological polar surface area (TPSA) is 103 Å². The molecule has 0 aliphatic rings. The summed E-state index contributed by atoms with van der Waals surface area (Å²) in [6.07, 6.45) is 3.49. The summed E-state index contributed by atoms with van der Waals surface area (Å²) < 4.78 is 11.3. The second kappa shape index (κ2) is 10.7. The molecule has 0 aliphatic heterocycles. The van der Waals surface area contributed by atoms with Gasteiger partial charge in [-0.1, -0.05) is 13.3 Å². The van der Waals surface area contributed by atoms with E-state index < -0.39 is 10.8 Å². The van der Waals surface area contributed by atoms with Gasteiger partial charge in [-0.05, 0) is 49.2 Å². The van der Waals surface area contributed by atoms with Gasteiger partial charge in [0, 0.05) is 17.7 Å². The summed E-state index contributed by atoms with van der Waals surface area (Å²) in [5.41, 5.74) is 3.32. The maximum Gasteiger partial charge on any atom is 0.271 e. The number of carbonyl (C=O) groups excluding carboxylic acids is 1. The van der Waals surface area contributed by atoms with Crippen LogP contribution in [0.25, 0.3) is 0 Å². The predicted octanol–water partition coefficient (Wildman–Crippen LogP) is 3.94. The zero-order chi connectivity index (χ0) is 20.4. The van der Waals surface area contributed by atoms with E-state index in [0.29, 0.717) is 24.7 Å². The smallest absolute Gasteiger partial charge is 0.271 e. The highest BCUT2D eigenvalue weighted by Gasteiger charge is 2.09. The minimum Gasteiger partial charge on any atom is -0.490 e. The number of hydrazone groups is 1. The molecular formula is C20H23N3O5. The van der Waals surface area contributed by atoms with E-state index in [4.69, 9.17) is 9.47 Å². The quantitative estimate of drug-likeness (QED) is 0.289. The van der Waals surface area contributed by atoms with Gasteiger partial charge in [-0.3, -0.25) is 14.9 Å². The Morgan fingerprint density at radius 2 is 1.89 bits per heavy atom. The molecule has 148 valence electrons. The molecule has 8 nitrogen and oxygen atoms in total. The summed E-state index contributed by atoms with van der Waals surface area (Å²) in [4.78, 5) is 22.2. The summed E-state index contributed by atoms with van der Waals surface area (Å²) in [6, 6.07) is 10.7. The number of hydrogen-bond donors (Lipinski definition) is 1. The van der Waals surface area contributed by atoms with Crippen LogP contribution in [-0.4, -0.2) is 30.3 Å². The average molecular weight is 385 g/mol. The Morgan fingerprint density at radius 1 is 1.14 bits per heavy atom. The molecule has 0 fully saturated rings. The van der Waals surface area contributed by atoms with Crippen LogP contribution in [0.5, 0.6) is 11.5 Å². The maximum atomic E-state index is 12.0. The number of carbonyl (C=O) groups is 1. The Balaban J connectivity index is 2.01. The zero-order valence-electron chi connectivity index (χ0n) is 15.9. The van der Waals surface area contributed by atoms with Crippen molar-refractivity contribution in [1.29, 1.82) is 0 Å².